The molecule has 0 aliphatic rings. The summed E-state index contributed by atoms with van der Waals surface area (Å²) in [6, 6.07) is 3.19. The number of thiazole rings is 1. The molecule has 0 radical (unpaired) electrons. The second-order valence-corrected chi connectivity index (χ2v) is 4.62. The van der Waals surface area contributed by atoms with Crippen LogP contribution in [0.2, 0.25) is 0 Å². The molecule has 1 aromatic heterocycles. The lowest BCUT2D eigenvalue weighted by Gasteiger charge is -2.03. The number of hydrogen-bond acceptors (Lipinski definition) is 5. The fourth-order valence-electron chi connectivity index (χ4n) is 1.52. The zero-order valence-electron chi connectivity index (χ0n) is 9.06. The van der Waals surface area contributed by atoms with Crippen LogP contribution in [0.25, 0.3) is 10.2 Å². The van der Waals surface area contributed by atoms with Crippen LogP contribution in [0.15, 0.2) is 12.1 Å². The monoisotopic (exact) mass is 247 g/mol. The number of aryl methyl sites for hydroxylation is 1. The average Bonchev–Trinajstić information content (AvgIpc) is 2.63. The smallest absolute Gasteiger partial charge is 0.293 e. The second kappa shape index (κ2) is 4.39. The van der Waals surface area contributed by atoms with E-state index in [0.29, 0.717) is 5.69 Å². The molecule has 0 saturated heterocycles. The Kier molecular flexibility index (Phi) is 2.93. The summed E-state index contributed by atoms with van der Waals surface area (Å²) in [5.74, 6) is 2.38. The molecule has 17 heavy (non-hydrogen) atoms. The van der Waals surface area contributed by atoms with Gasteiger partial charge in [0.05, 0.1) is 26.7 Å². The van der Waals surface area contributed by atoms with Gasteiger partial charge in [0.2, 0.25) is 0 Å². The first-order valence-electron chi connectivity index (χ1n) is 4.84. The molecule has 0 unspecified atom stereocenters. The summed E-state index contributed by atoms with van der Waals surface area (Å²) < 4.78 is 0.806. The number of terminal acetylenes is 1. The molecule has 0 spiro atoms. The van der Waals surface area contributed by atoms with Gasteiger partial charge in [-0.3, -0.25) is 10.1 Å². The van der Waals surface area contributed by atoms with Gasteiger partial charge in [0.15, 0.2) is 0 Å². The van der Waals surface area contributed by atoms with Gasteiger partial charge >= 0.3 is 0 Å². The van der Waals surface area contributed by atoms with Gasteiger partial charge in [0.25, 0.3) is 5.69 Å². The molecule has 2 aromatic rings. The van der Waals surface area contributed by atoms with E-state index in [-0.39, 0.29) is 12.2 Å². The van der Waals surface area contributed by atoms with Gasteiger partial charge in [-0.15, -0.1) is 17.8 Å². The number of hydrogen-bond donors (Lipinski definition) is 1. The Balaban J connectivity index is 2.58. The van der Waals surface area contributed by atoms with E-state index in [0.717, 1.165) is 15.2 Å². The maximum Gasteiger partial charge on any atom is 0.293 e. The van der Waals surface area contributed by atoms with Crippen molar-refractivity contribution in [2.24, 2.45) is 0 Å². The molecule has 1 heterocycles. The van der Waals surface area contributed by atoms with Crippen LogP contribution in [0.5, 0.6) is 0 Å². The first-order chi connectivity index (χ1) is 8.11. The van der Waals surface area contributed by atoms with Crippen LogP contribution in [0.3, 0.4) is 0 Å². The number of rotatable bonds is 3. The van der Waals surface area contributed by atoms with Gasteiger partial charge in [-0.2, -0.15) is 0 Å². The average molecular weight is 247 g/mol. The Bertz CT molecular complexity index is 627. The Hall–Kier alpha value is -2.13. The topological polar surface area (TPSA) is 68.1 Å². The Morgan fingerprint density at radius 1 is 1.65 bits per heavy atom. The zero-order valence-corrected chi connectivity index (χ0v) is 9.87. The summed E-state index contributed by atoms with van der Waals surface area (Å²) in [5.41, 5.74) is 1.18. The number of anilines is 1. The quantitative estimate of drug-likeness (QED) is 0.514. The molecule has 0 atom stereocenters. The van der Waals surface area contributed by atoms with Crippen molar-refractivity contribution in [3.05, 3.63) is 27.3 Å². The summed E-state index contributed by atoms with van der Waals surface area (Å²) in [6.45, 7) is 2.11. The molecule has 0 bridgehead atoms. The summed E-state index contributed by atoms with van der Waals surface area (Å²) in [7, 11) is 0. The number of nitro benzene ring substituents is 1. The third kappa shape index (κ3) is 2.19. The predicted molar refractivity (Wildman–Crippen MR) is 68.3 cm³/mol. The standard InChI is InChI=1S/C11H9N3O2S/c1-3-4-12-8-5-9-11(17-7(2)13-9)6-10(8)14(15)16/h1,5-6,12H,4H2,2H3. The van der Waals surface area contributed by atoms with E-state index in [1.165, 1.54) is 17.4 Å². The van der Waals surface area contributed by atoms with Crippen molar-refractivity contribution in [3.63, 3.8) is 0 Å². The summed E-state index contributed by atoms with van der Waals surface area (Å²) in [5, 5.41) is 14.6. The molecule has 1 N–H and O–H groups in total. The maximum absolute atomic E-state index is 10.9. The van der Waals surface area contributed by atoms with Gasteiger partial charge in [0, 0.05) is 6.07 Å². The first-order valence-corrected chi connectivity index (χ1v) is 5.66. The van der Waals surface area contributed by atoms with Gasteiger partial charge in [-0.05, 0) is 13.0 Å². The van der Waals surface area contributed by atoms with Crippen LogP contribution in [-0.2, 0) is 0 Å². The highest BCUT2D eigenvalue weighted by atomic mass is 32.1. The van der Waals surface area contributed by atoms with Gasteiger partial charge in [-0.25, -0.2) is 4.98 Å². The lowest BCUT2D eigenvalue weighted by Crippen LogP contribution is -2.02. The first kappa shape index (κ1) is 11.4. The van der Waals surface area contributed by atoms with E-state index in [4.69, 9.17) is 6.42 Å². The third-order valence-corrected chi connectivity index (χ3v) is 3.12. The van der Waals surface area contributed by atoms with E-state index in [1.807, 2.05) is 6.92 Å². The van der Waals surface area contributed by atoms with E-state index >= 15 is 0 Å². The van der Waals surface area contributed by atoms with Crippen LogP contribution in [-0.4, -0.2) is 16.5 Å². The van der Waals surface area contributed by atoms with Crippen molar-refractivity contribution in [2.75, 3.05) is 11.9 Å². The molecular weight excluding hydrogens is 238 g/mol. The Labute approximate surface area is 102 Å². The van der Waals surface area contributed by atoms with Crippen LogP contribution in [0, 0.1) is 29.4 Å². The van der Waals surface area contributed by atoms with Gasteiger partial charge in [0.1, 0.15) is 5.69 Å². The van der Waals surface area contributed by atoms with Gasteiger partial charge in [-0.1, -0.05) is 5.92 Å². The molecule has 1 aromatic carbocycles. The van der Waals surface area contributed by atoms with E-state index in [9.17, 15) is 10.1 Å². The normalized spacial score (nSPS) is 10.1. The number of aromatic nitrogens is 1. The molecule has 0 amide bonds. The molecule has 5 nitrogen and oxygen atoms in total. The summed E-state index contributed by atoms with van der Waals surface area (Å²) in [6.07, 6.45) is 5.12. The number of nitrogens with zero attached hydrogens (tertiary/aromatic N) is 2. The molecule has 6 heteroatoms. The minimum Gasteiger partial charge on any atom is -0.369 e. The highest BCUT2D eigenvalue weighted by molar-refractivity contribution is 7.18. The lowest BCUT2D eigenvalue weighted by molar-refractivity contribution is -0.383. The van der Waals surface area contributed by atoms with E-state index in [2.05, 4.69) is 16.2 Å². The molecule has 0 aliphatic heterocycles. The minimum atomic E-state index is -0.423. The summed E-state index contributed by atoms with van der Waals surface area (Å²) >= 11 is 1.43. The number of fused-ring (bicyclic) bond motifs is 1. The third-order valence-electron chi connectivity index (χ3n) is 2.19. The molecule has 0 aliphatic carbocycles. The Morgan fingerprint density at radius 2 is 2.41 bits per heavy atom. The second-order valence-electron chi connectivity index (χ2n) is 3.38. The molecule has 0 fully saturated rings. The maximum atomic E-state index is 10.9. The highest BCUT2D eigenvalue weighted by Gasteiger charge is 2.16. The van der Waals surface area contributed by atoms with Crippen molar-refractivity contribution >= 4 is 32.9 Å². The molecular formula is C11H9N3O2S. The number of nitro groups is 1. The van der Waals surface area contributed by atoms with E-state index < -0.39 is 4.92 Å². The van der Waals surface area contributed by atoms with Crippen LogP contribution < -0.4 is 5.32 Å². The minimum absolute atomic E-state index is 0.0244. The molecule has 86 valence electrons. The Morgan fingerprint density at radius 3 is 3.06 bits per heavy atom. The van der Waals surface area contributed by atoms with E-state index in [1.54, 1.807) is 6.07 Å². The summed E-state index contributed by atoms with van der Waals surface area (Å²) in [4.78, 5) is 14.8. The van der Waals surface area contributed by atoms with Crippen LogP contribution in [0.1, 0.15) is 5.01 Å². The molecule has 2 rings (SSSR count). The fourth-order valence-corrected chi connectivity index (χ4v) is 2.36. The van der Waals surface area contributed by atoms with Crippen LogP contribution in [0.4, 0.5) is 11.4 Å². The van der Waals surface area contributed by atoms with Crippen molar-refractivity contribution in [3.8, 4) is 12.3 Å². The zero-order chi connectivity index (χ0) is 12.4. The number of nitrogens with one attached hydrogen (secondary N) is 1. The van der Waals surface area contributed by atoms with Crippen LogP contribution >= 0.6 is 11.3 Å². The number of benzene rings is 1. The SMILES string of the molecule is C#CCNc1cc2nc(C)sc2cc1[N+](=O)[O-]. The highest BCUT2D eigenvalue weighted by Crippen LogP contribution is 2.32. The van der Waals surface area contributed by atoms with Crippen molar-refractivity contribution in [2.45, 2.75) is 6.92 Å². The predicted octanol–water partition coefficient (Wildman–Crippen LogP) is 2.56. The lowest BCUT2D eigenvalue weighted by atomic mass is 10.2. The molecule has 0 saturated carbocycles. The largest absolute Gasteiger partial charge is 0.369 e. The van der Waals surface area contributed by atoms with Crippen molar-refractivity contribution in [1.82, 2.24) is 4.98 Å². The van der Waals surface area contributed by atoms with Crippen molar-refractivity contribution in [1.29, 1.82) is 0 Å². The van der Waals surface area contributed by atoms with Crippen molar-refractivity contribution < 1.29 is 4.92 Å². The fraction of sp³-hybridized carbons (Fsp3) is 0.182. The van der Waals surface area contributed by atoms with Gasteiger partial charge < -0.3 is 5.32 Å².